The van der Waals surface area contributed by atoms with E-state index in [1.54, 1.807) is 32.4 Å². The van der Waals surface area contributed by atoms with Crippen LogP contribution in [0.15, 0.2) is 47.5 Å². The van der Waals surface area contributed by atoms with Gasteiger partial charge in [-0.2, -0.15) is 13.2 Å². The molecule has 0 unspecified atom stereocenters. The minimum atomic E-state index is -4.32. The minimum absolute atomic E-state index is 0.142. The Morgan fingerprint density at radius 3 is 2.41 bits per heavy atom. The van der Waals surface area contributed by atoms with E-state index in [-0.39, 0.29) is 5.75 Å². The lowest BCUT2D eigenvalue weighted by molar-refractivity contribution is -0.137. The normalized spacial score (nSPS) is 12.0. The maximum Gasteiger partial charge on any atom is 0.416 e. The number of aromatic hydroxyl groups is 1. The summed E-state index contributed by atoms with van der Waals surface area (Å²) < 4.78 is 42.8. The first-order valence-electron chi connectivity index (χ1n) is 8.30. The van der Waals surface area contributed by atoms with Crippen LogP contribution in [-0.4, -0.2) is 31.8 Å². The Labute approximate surface area is 155 Å². The Kier molecular flexibility index (Phi) is 6.92. The quantitative estimate of drug-likeness (QED) is 0.531. The summed E-state index contributed by atoms with van der Waals surface area (Å²) in [7, 11) is 3.16. The van der Waals surface area contributed by atoms with Gasteiger partial charge in [0.1, 0.15) is 11.5 Å². The fraction of sp³-hybridized carbons (Fsp3) is 0.316. The average molecular weight is 381 g/mol. The van der Waals surface area contributed by atoms with E-state index in [0.29, 0.717) is 36.8 Å². The Bertz CT molecular complexity index is 775. The van der Waals surface area contributed by atoms with Gasteiger partial charge in [-0.1, -0.05) is 12.1 Å². The summed E-state index contributed by atoms with van der Waals surface area (Å²) in [5, 5.41) is 16.0. The summed E-state index contributed by atoms with van der Waals surface area (Å²) in [5.74, 6) is 1.29. The van der Waals surface area contributed by atoms with E-state index >= 15 is 0 Å². The molecular formula is C19H22F3N3O2. The zero-order valence-corrected chi connectivity index (χ0v) is 15.1. The second kappa shape index (κ2) is 9.16. The number of aliphatic imine (C=N–C) groups is 1. The van der Waals surface area contributed by atoms with Crippen LogP contribution in [0.25, 0.3) is 0 Å². The van der Waals surface area contributed by atoms with E-state index in [1.165, 1.54) is 12.1 Å². The molecule has 2 aromatic carbocycles. The van der Waals surface area contributed by atoms with E-state index in [2.05, 4.69) is 15.6 Å². The number of methoxy groups -OCH3 is 1. The molecule has 146 valence electrons. The number of guanidine groups is 1. The fourth-order valence-corrected chi connectivity index (χ4v) is 2.42. The first-order chi connectivity index (χ1) is 12.8. The molecule has 27 heavy (non-hydrogen) atoms. The van der Waals surface area contributed by atoms with Gasteiger partial charge in [0.15, 0.2) is 5.96 Å². The van der Waals surface area contributed by atoms with Crippen LogP contribution in [0.5, 0.6) is 11.5 Å². The van der Waals surface area contributed by atoms with Crippen LogP contribution in [0.4, 0.5) is 13.2 Å². The van der Waals surface area contributed by atoms with Crippen LogP contribution in [0.1, 0.15) is 16.7 Å². The molecule has 0 atom stereocenters. The number of hydrogen-bond acceptors (Lipinski definition) is 3. The maximum absolute atomic E-state index is 12.6. The van der Waals surface area contributed by atoms with Crippen molar-refractivity contribution in [1.82, 2.24) is 10.6 Å². The van der Waals surface area contributed by atoms with Gasteiger partial charge in [0.05, 0.1) is 12.7 Å². The van der Waals surface area contributed by atoms with Crippen molar-refractivity contribution in [2.75, 3.05) is 20.7 Å². The fourth-order valence-electron chi connectivity index (χ4n) is 2.42. The van der Waals surface area contributed by atoms with Gasteiger partial charge in [-0.25, -0.2) is 0 Å². The highest BCUT2D eigenvalue weighted by molar-refractivity contribution is 5.79. The van der Waals surface area contributed by atoms with Gasteiger partial charge >= 0.3 is 6.18 Å². The summed E-state index contributed by atoms with van der Waals surface area (Å²) >= 11 is 0. The second-order valence-electron chi connectivity index (χ2n) is 5.79. The van der Waals surface area contributed by atoms with Crippen molar-refractivity contribution in [2.45, 2.75) is 19.1 Å². The molecule has 0 aromatic heterocycles. The summed E-state index contributed by atoms with van der Waals surface area (Å²) in [4.78, 5) is 4.09. The number of phenolic OH excluding ortho intramolecular Hbond substituents is 1. The van der Waals surface area contributed by atoms with Crippen molar-refractivity contribution in [3.63, 3.8) is 0 Å². The molecule has 0 aliphatic heterocycles. The number of benzene rings is 2. The molecule has 0 fully saturated rings. The first kappa shape index (κ1) is 20.4. The third-order valence-electron chi connectivity index (χ3n) is 3.94. The van der Waals surface area contributed by atoms with Crippen molar-refractivity contribution in [1.29, 1.82) is 0 Å². The van der Waals surface area contributed by atoms with Crippen LogP contribution >= 0.6 is 0 Å². The highest BCUT2D eigenvalue weighted by Gasteiger charge is 2.29. The molecule has 0 saturated heterocycles. The van der Waals surface area contributed by atoms with Crippen molar-refractivity contribution in [3.05, 3.63) is 59.2 Å². The third-order valence-corrected chi connectivity index (χ3v) is 3.94. The number of hydrogen-bond donors (Lipinski definition) is 3. The highest BCUT2D eigenvalue weighted by Crippen LogP contribution is 2.29. The summed E-state index contributed by atoms with van der Waals surface area (Å²) in [6, 6.07) is 10.0. The Balaban J connectivity index is 1.84. The number of phenols is 1. The van der Waals surface area contributed by atoms with E-state index in [0.717, 1.165) is 17.7 Å². The molecule has 0 bridgehead atoms. The van der Waals surface area contributed by atoms with Gasteiger partial charge in [0.2, 0.25) is 0 Å². The van der Waals surface area contributed by atoms with Gasteiger partial charge in [-0.3, -0.25) is 4.99 Å². The Morgan fingerprint density at radius 2 is 1.81 bits per heavy atom. The molecule has 0 heterocycles. The Hall–Kier alpha value is -2.90. The van der Waals surface area contributed by atoms with Crippen LogP contribution in [0.3, 0.4) is 0 Å². The minimum Gasteiger partial charge on any atom is -0.508 e. The molecule has 0 aliphatic carbocycles. The average Bonchev–Trinajstić information content (AvgIpc) is 2.65. The van der Waals surface area contributed by atoms with E-state index < -0.39 is 11.7 Å². The molecule has 0 aliphatic rings. The number of ether oxygens (including phenoxy) is 1. The number of nitrogens with one attached hydrogen (secondary N) is 2. The van der Waals surface area contributed by atoms with Gasteiger partial charge in [0, 0.05) is 25.7 Å². The molecular weight excluding hydrogens is 359 g/mol. The maximum atomic E-state index is 12.6. The zero-order valence-electron chi connectivity index (χ0n) is 15.1. The lowest BCUT2D eigenvalue weighted by atomic mass is 10.1. The highest BCUT2D eigenvalue weighted by atomic mass is 19.4. The number of nitrogens with zero attached hydrogens (tertiary/aromatic N) is 1. The summed E-state index contributed by atoms with van der Waals surface area (Å²) in [6.45, 7) is 0.831. The molecule has 0 spiro atoms. The van der Waals surface area contributed by atoms with Gasteiger partial charge in [0.25, 0.3) is 0 Å². The van der Waals surface area contributed by atoms with Crippen LogP contribution < -0.4 is 15.4 Å². The monoisotopic (exact) mass is 381 g/mol. The largest absolute Gasteiger partial charge is 0.508 e. The first-order valence-corrected chi connectivity index (χ1v) is 8.30. The lowest BCUT2D eigenvalue weighted by Gasteiger charge is -2.13. The van der Waals surface area contributed by atoms with Crippen molar-refractivity contribution in [2.24, 2.45) is 4.99 Å². The van der Waals surface area contributed by atoms with Crippen molar-refractivity contribution < 1.29 is 23.0 Å². The van der Waals surface area contributed by atoms with Crippen molar-refractivity contribution >= 4 is 5.96 Å². The van der Waals surface area contributed by atoms with Crippen LogP contribution in [-0.2, 0) is 19.1 Å². The third kappa shape index (κ3) is 6.09. The summed E-state index contributed by atoms with van der Waals surface area (Å²) in [6.07, 6.45) is -3.78. The standard InChI is InChI=1S/C19H22F3N3O2/c1-23-18(25-12-14-11-16(27-2)7-8-17(14)26)24-10-9-13-3-5-15(6-4-13)19(20,21)22/h3-8,11,26H,9-10,12H2,1-2H3,(H2,23,24,25). The number of rotatable bonds is 6. The zero-order chi connectivity index (χ0) is 19.9. The lowest BCUT2D eigenvalue weighted by Crippen LogP contribution is -2.37. The second-order valence-corrected chi connectivity index (χ2v) is 5.79. The van der Waals surface area contributed by atoms with E-state index in [1.807, 2.05) is 0 Å². The van der Waals surface area contributed by atoms with Gasteiger partial charge in [-0.15, -0.1) is 0 Å². The van der Waals surface area contributed by atoms with Crippen LogP contribution in [0.2, 0.25) is 0 Å². The molecule has 0 radical (unpaired) electrons. The molecule has 3 N–H and O–H groups in total. The molecule has 5 nitrogen and oxygen atoms in total. The Morgan fingerprint density at radius 1 is 1.11 bits per heavy atom. The smallest absolute Gasteiger partial charge is 0.416 e. The SMILES string of the molecule is CN=C(NCCc1ccc(C(F)(F)F)cc1)NCc1cc(OC)ccc1O. The van der Waals surface area contributed by atoms with Crippen molar-refractivity contribution in [3.8, 4) is 11.5 Å². The van der Waals surface area contributed by atoms with Gasteiger partial charge in [-0.05, 0) is 42.3 Å². The molecule has 8 heteroatoms. The molecule has 0 saturated carbocycles. The predicted molar refractivity (Wildman–Crippen MR) is 98.0 cm³/mol. The molecule has 0 amide bonds. The predicted octanol–water partition coefficient (Wildman–Crippen LogP) is 3.33. The topological polar surface area (TPSA) is 65.9 Å². The molecule has 2 rings (SSSR count). The van der Waals surface area contributed by atoms with E-state index in [9.17, 15) is 18.3 Å². The van der Waals surface area contributed by atoms with Crippen LogP contribution in [0, 0.1) is 0 Å². The van der Waals surface area contributed by atoms with Gasteiger partial charge < -0.3 is 20.5 Å². The summed E-state index contributed by atoms with van der Waals surface area (Å²) in [5.41, 5.74) is 0.784. The molecule has 2 aromatic rings. The van der Waals surface area contributed by atoms with E-state index in [4.69, 9.17) is 4.74 Å². The number of halogens is 3. The number of alkyl halides is 3.